The third kappa shape index (κ3) is 3.99. The number of phenols is 1. The van der Waals surface area contributed by atoms with Crippen molar-refractivity contribution in [2.75, 3.05) is 6.54 Å². The maximum atomic E-state index is 13.3. The number of carbonyl (C=O) groups is 3. The summed E-state index contributed by atoms with van der Waals surface area (Å²) in [6, 6.07) is 9.02. The van der Waals surface area contributed by atoms with Crippen LogP contribution in [0.5, 0.6) is 5.75 Å². The lowest BCUT2D eigenvalue weighted by atomic mass is 9.97. The summed E-state index contributed by atoms with van der Waals surface area (Å²) >= 11 is 12.0. The van der Waals surface area contributed by atoms with Crippen LogP contribution in [0.2, 0.25) is 10.0 Å². The Morgan fingerprint density at radius 3 is 2.43 bits per heavy atom. The Balaban J connectivity index is 2.15. The molecule has 0 fully saturated rings. The third-order valence-electron chi connectivity index (χ3n) is 4.85. The minimum absolute atomic E-state index is 0.0268. The largest absolute Gasteiger partial charge is 0.508 e. The molecule has 9 heteroatoms. The summed E-state index contributed by atoms with van der Waals surface area (Å²) in [5.41, 5.74) is 1.79. The third-order valence-corrected chi connectivity index (χ3v) is 5.59. The van der Waals surface area contributed by atoms with Crippen molar-refractivity contribution >= 4 is 51.9 Å². The predicted octanol–water partition coefficient (Wildman–Crippen LogP) is 3.95. The number of phenolic OH excluding ortho intramolecular Hbond substituents is 1. The summed E-state index contributed by atoms with van der Waals surface area (Å²) in [6.07, 6.45) is 0. The molecular weight excluding hydrogens is 431 g/mol. The van der Waals surface area contributed by atoms with E-state index in [1.165, 1.54) is 28.8 Å². The van der Waals surface area contributed by atoms with Gasteiger partial charge < -0.3 is 15.5 Å². The summed E-state index contributed by atoms with van der Waals surface area (Å²) in [7, 11) is 0. The maximum Gasteiger partial charge on any atom is 0.322 e. The number of halogens is 2. The molecule has 0 aliphatic heterocycles. The number of aromatic nitrogens is 1. The van der Waals surface area contributed by atoms with Crippen LogP contribution in [0.1, 0.15) is 34.5 Å². The van der Waals surface area contributed by atoms with Gasteiger partial charge in [0.2, 0.25) is 5.91 Å². The van der Waals surface area contributed by atoms with Crippen LogP contribution in [0.3, 0.4) is 0 Å². The highest BCUT2D eigenvalue weighted by Crippen LogP contribution is 2.35. The van der Waals surface area contributed by atoms with Gasteiger partial charge in [0.15, 0.2) is 0 Å². The Kier molecular flexibility index (Phi) is 6.05. The average molecular weight is 449 g/mol. The molecule has 1 atom stereocenters. The fourth-order valence-corrected chi connectivity index (χ4v) is 3.74. The van der Waals surface area contributed by atoms with Gasteiger partial charge in [-0.15, -0.1) is 0 Å². The molecule has 0 aliphatic carbocycles. The van der Waals surface area contributed by atoms with Crippen LogP contribution in [0.4, 0.5) is 0 Å². The summed E-state index contributed by atoms with van der Waals surface area (Å²) in [5.74, 6) is -2.85. The number of hydrogen-bond donors (Lipinski definition) is 3. The number of fused-ring (bicyclic) bond motifs is 1. The number of rotatable bonds is 5. The summed E-state index contributed by atoms with van der Waals surface area (Å²) < 4.78 is 1.44. The summed E-state index contributed by atoms with van der Waals surface area (Å²) in [4.78, 5) is 36.5. The van der Waals surface area contributed by atoms with E-state index in [0.717, 1.165) is 0 Å². The van der Waals surface area contributed by atoms with Gasteiger partial charge in [0, 0.05) is 16.6 Å². The first-order valence-electron chi connectivity index (χ1n) is 8.95. The van der Waals surface area contributed by atoms with E-state index < -0.39 is 24.3 Å². The van der Waals surface area contributed by atoms with Crippen LogP contribution in [0, 0.1) is 6.92 Å². The normalized spacial score (nSPS) is 12.0. The molecule has 3 rings (SSSR count). The lowest BCUT2D eigenvalue weighted by molar-refractivity contribution is -0.138. The lowest BCUT2D eigenvalue weighted by Crippen LogP contribution is -2.32. The zero-order chi connectivity index (χ0) is 22.2. The van der Waals surface area contributed by atoms with E-state index >= 15 is 0 Å². The van der Waals surface area contributed by atoms with Crippen LogP contribution < -0.4 is 5.32 Å². The van der Waals surface area contributed by atoms with Gasteiger partial charge in [-0.2, -0.15) is 0 Å². The Labute approximate surface area is 181 Å². The molecule has 0 saturated heterocycles. The SMILES string of the molecule is Cc1c([C@H](C)C(=O)NCC(=O)O)c2cc(O)ccc2n1C(=O)c1ccc(Cl)c(Cl)c1. The quantitative estimate of drug-likeness (QED) is 0.547. The van der Waals surface area contributed by atoms with Gasteiger partial charge in [0.25, 0.3) is 5.91 Å². The zero-order valence-corrected chi connectivity index (χ0v) is 17.6. The first-order valence-corrected chi connectivity index (χ1v) is 9.70. The Hall–Kier alpha value is -3.03. The second-order valence-corrected chi connectivity index (χ2v) is 7.62. The first-order chi connectivity index (χ1) is 14.1. The number of carboxylic acid groups (broad SMARTS) is 1. The van der Waals surface area contributed by atoms with Crippen molar-refractivity contribution in [3.63, 3.8) is 0 Å². The maximum absolute atomic E-state index is 13.3. The second-order valence-electron chi connectivity index (χ2n) is 6.80. The highest BCUT2D eigenvalue weighted by molar-refractivity contribution is 6.42. The molecule has 1 aromatic heterocycles. The van der Waals surface area contributed by atoms with Crippen LogP contribution in [0.25, 0.3) is 10.9 Å². The molecule has 2 aromatic carbocycles. The van der Waals surface area contributed by atoms with Crippen molar-refractivity contribution in [1.82, 2.24) is 9.88 Å². The van der Waals surface area contributed by atoms with Crippen molar-refractivity contribution in [3.8, 4) is 5.75 Å². The zero-order valence-electron chi connectivity index (χ0n) is 16.1. The van der Waals surface area contributed by atoms with E-state index in [-0.39, 0.29) is 16.7 Å². The van der Waals surface area contributed by atoms with Gasteiger partial charge >= 0.3 is 5.97 Å². The van der Waals surface area contributed by atoms with E-state index in [1.807, 2.05) is 0 Å². The molecule has 0 bridgehead atoms. The van der Waals surface area contributed by atoms with E-state index in [4.69, 9.17) is 28.3 Å². The molecule has 3 aromatic rings. The van der Waals surface area contributed by atoms with Crippen LogP contribution in [-0.4, -0.2) is 39.1 Å². The highest BCUT2D eigenvalue weighted by Gasteiger charge is 2.27. The van der Waals surface area contributed by atoms with Crippen molar-refractivity contribution in [2.24, 2.45) is 0 Å². The Bertz CT molecular complexity index is 1190. The van der Waals surface area contributed by atoms with Gasteiger partial charge in [-0.05, 0) is 55.8 Å². The average Bonchev–Trinajstić information content (AvgIpc) is 2.97. The van der Waals surface area contributed by atoms with E-state index in [0.29, 0.717) is 32.7 Å². The molecule has 1 heterocycles. The number of aromatic hydroxyl groups is 1. The molecule has 1 amide bonds. The van der Waals surface area contributed by atoms with Gasteiger partial charge in [-0.25, -0.2) is 0 Å². The molecule has 0 unspecified atom stereocenters. The number of aliphatic carboxylic acids is 1. The van der Waals surface area contributed by atoms with E-state index in [1.54, 1.807) is 26.0 Å². The van der Waals surface area contributed by atoms with Crippen molar-refractivity contribution < 1.29 is 24.6 Å². The number of benzene rings is 2. The standard InChI is InChI=1S/C21H18Cl2N2O5/c1-10(20(29)24-9-18(27)28)19-11(2)25(17-6-4-13(26)8-14(17)19)21(30)12-3-5-15(22)16(23)7-12/h3-8,10,26H,9H2,1-2H3,(H,24,29)(H,27,28)/t10-/m0/s1. The van der Waals surface area contributed by atoms with Gasteiger partial charge in [0.1, 0.15) is 12.3 Å². The van der Waals surface area contributed by atoms with Crippen molar-refractivity contribution in [3.05, 3.63) is 63.3 Å². The van der Waals surface area contributed by atoms with Crippen LogP contribution >= 0.6 is 23.2 Å². The molecule has 0 radical (unpaired) electrons. The number of amides is 1. The number of hydrogen-bond acceptors (Lipinski definition) is 4. The van der Waals surface area contributed by atoms with Gasteiger partial charge in [0.05, 0.1) is 21.5 Å². The molecule has 0 spiro atoms. The number of nitrogens with zero attached hydrogens (tertiary/aromatic N) is 1. The lowest BCUT2D eigenvalue weighted by Gasteiger charge is -2.13. The topological polar surface area (TPSA) is 109 Å². The molecule has 156 valence electrons. The minimum Gasteiger partial charge on any atom is -0.508 e. The first kappa shape index (κ1) is 21.7. The Morgan fingerprint density at radius 1 is 1.10 bits per heavy atom. The van der Waals surface area contributed by atoms with Gasteiger partial charge in [-0.1, -0.05) is 23.2 Å². The predicted molar refractivity (Wildman–Crippen MR) is 114 cm³/mol. The summed E-state index contributed by atoms with van der Waals surface area (Å²) in [5, 5.41) is 22.2. The van der Waals surface area contributed by atoms with E-state index in [9.17, 15) is 19.5 Å². The fraction of sp³-hybridized carbons (Fsp3) is 0.190. The van der Waals surface area contributed by atoms with Crippen molar-refractivity contribution in [1.29, 1.82) is 0 Å². The van der Waals surface area contributed by atoms with Gasteiger partial charge in [-0.3, -0.25) is 19.0 Å². The smallest absolute Gasteiger partial charge is 0.322 e. The fourth-order valence-electron chi connectivity index (χ4n) is 3.44. The summed E-state index contributed by atoms with van der Waals surface area (Å²) in [6.45, 7) is 2.77. The van der Waals surface area contributed by atoms with Crippen LogP contribution in [0.15, 0.2) is 36.4 Å². The highest BCUT2D eigenvalue weighted by atomic mass is 35.5. The van der Waals surface area contributed by atoms with E-state index in [2.05, 4.69) is 5.32 Å². The number of nitrogens with one attached hydrogen (secondary N) is 1. The second kappa shape index (κ2) is 8.38. The molecule has 0 saturated carbocycles. The van der Waals surface area contributed by atoms with Crippen molar-refractivity contribution in [2.45, 2.75) is 19.8 Å². The van der Waals surface area contributed by atoms with Crippen LogP contribution in [-0.2, 0) is 9.59 Å². The minimum atomic E-state index is -1.16. The molecule has 7 nitrogen and oxygen atoms in total. The molecular formula is C21H18Cl2N2O5. The molecule has 3 N–H and O–H groups in total. The number of carboxylic acids is 1. The monoisotopic (exact) mass is 448 g/mol. The Morgan fingerprint density at radius 2 is 1.80 bits per heavy atom. The number of carbonyl (C=O) groups excluding carboxylic acids is 2. The molecule has 0 aliphatic rings. The molecule has 30 heavy (non-hydrogen) atoms.